The molecule has 1 aliphatic carbocycles. The smallest absolute Gasteiger partial charge is 0.119 e. The van der Waals surface area contributed by atoms with Crippen LogP contribution in [0, 0.1) is 0 Å². The predicted octanol–water partition coefficient (Wildman–Crippen LogP) is 1.60. The molecule has 2 rings (SSSR count). The number of hydrogen-bond acceptors (Lipinski definition) is 3. The second kappa shape index (κ2) is 4.44. The Labute approximate surface area is 96.6 Å². The summed E-state index contributed by atoms with van der Waals surface area (Å²) in [5.74, 6) is 0.817. The Morgan fingerprint density at radius 3 is 2.75 bits per heavy atom. The quantitative estimate of drug-likeness (QED) is 0.823. The zero-order valence-electron chi connectivity index (χ0n) is 10.1. The molecule has 1 aromatic rings. The SMILES string of the molecule is COc1ccc2c(c1)C(O)C(N(C)C)CC2. The summed E-state index contributed by atoms with van der Waals surface area (Å²) in [6.45, 7) is 0. The van der Waals surface area contributed by atoms with Crippen LogP contribution in [0.2, 0.25) is 0 Å². The van der Waals surface area contributed by atoms with Gasteiger partial charge in [-0.1, -0.05) is 6.07 Å². The van der Waals surface area contributed by atoms with E-state index in [1.54, 1.807) is 7.11 Å². The number of fused-ring (bicyclic) bond motifs is 1. The molecule has 0 saturated carbocycles. The van der Waals surface area contributed by atoms with Crippen LogP contribution in [0.4, 0.5) is 0 Å². The average molecular weight is 221 g/mol. The van der Waals surface area contributed by atoms with Gasteiger partial charge in [0.15, 0.2) is 0 Å². The Morgan fingerprint density at radius 1 is 1.38 bits per heavy atom. The van der Waals surface area contributed by atoms with Crippen molar-refractivity contribution in [3.05, 3.63) is 29.3 Å². The van der Waals surface area contributed by atoms with Crippen molar-refractivity contribution in [3.8, 4) is 5.75 Å². The molecule has 3 heteroatoms. The zero-order chi connectivity index (χ0) is 11.7. The number of ether oxygens (including phenoxy) is 1. The van der Waals surface area contributed by atoms with E-state index < -0.39 is 6.10 Å². The van der Waals surface area contributed by atoms with E-state index in [1.165, 1.54) is 5.56 Å². The number of methoxy groups -OCH3 is 1. The van der Waals surface area contributed by atoms with Gasteiger partial charge in [-0.25, -0.2) is 0 Å². The Balaban J connectivity index is 2.34. The first kappa shape index (κ1) is 11.4. The maximum absolute atomic E-state index is 10.3. The lowest BCUT2D eigenvalue weighted by molar-refractivity contribution is 0.0626. The largest absolute Gasteiger partial charge is 0.497 e. The van der Waals surface area contributed by atoms with Crippen molar-refractivity contribution in [2.24, 2.45) is 0 Å². The molecule has 0 aromatic heterocycles. The van der Waals surface area contributed by atoms with Gasteiger partial charge in [0.05, 0.1) is 13.2 Å². The highest BCUT2D eigenvalue weighted by Crippen LogP contribution is 2.34. The van der Waals surface area contributed by atoms with Gasteiger partial charge >= 0.3 is 0 Å². The molecule has 0 spiro atoms. The fourth-order valence-electron chi connectivity index (χ4n) is 2.41. The summed E-state index contributed by atoms with van der Waals surface area (Å²) < 4.78 is 5.20. The van der Waals surface area contributed by atoms with Crippen molar-refractivity contribution in [2.75, 3.05) is 21.2 Å². The summed E-state index contributed by atoms with van der Waals surface area (Å²) in [5.41, 5.74) is 2.26. The Kier molecular flexibility index (Phi) is 3.17. The van der Waals surface area contributed by atoms with Crippen LogP contribution in [-0.2, 0) is 6.42 Å². The van der Waals surface area contributed by atoms with Gasteiger partial charge in [-0.3, -0.25) is 0 Å². The minimum Gasteiger partial charge on any atom is -0.497 e. The lowest BCUT2D eigenvalue weighted by Crippen LogP contribution is -2.37. The van der Waals surface area contributed by atoms with Crippen molar-refractivity contribution in [1.29, 1.82) is 0 Å². The van der Waals surface area contributed by atoms with Gasteiger partial charge in [0.25, 0.3) is 0 Å². The molecule has 1 aliphatic rings. The molecule has 0 bridgehead atoms. The number of hydrogen-bond donors (Lipinski definition) is 1. The number of benzene rings is 1. The third-order valence-corrected chi connectivity index (χ3v) is 3.41. The first-order valence-corrected chi connectivity index (χ1v) is 5.65. The average Bonchev–Trinajstić information content (AvgIpc) is 2.28. The van der Waals surface area contributed by atoms with E-state index in [-0.39, 0.29) is 6.04 Å². The van der Waals surface area contributed by atoms with Crippen LogP contribution in [0.5, 0.6) is 5.75 Å². The lowest BCUT2D eigenvalue weighted by atomic mass is 9.85. The van der Waals surface area contributed by atoms with Gasteiger partial charge in [0.1, 0.15) is 5.75 Å². The highest BCUT2D eigenvalue weighted by Gasteiger charge is 2.29. The van der Waals surface area contributed by atoms with Crippen molar-refractivity contribution in [3.63, 3.8) is 0 Å². The van der Waals surface area contributed by atoms with Crippen LogP contribution < -0.4 is 4.74 Å². The third kappa shape index (κ3) is 1.93. The van der Waals surface area contributed by atoms with E-state index in [2.05, 4.69) is 11.0 Å². The maximum atomic E-state index is 10.3. The van der Waals surface area contributed by atoms with Crippen LogP contribution in [0.3, 0.4) is 0 Å². The van der Waals surface area contributed by atoms with Crippen LogP contribution in [0.1, 0.15) is 23.7 Å². The number of nitrogens with zero attached hydrogens (tertiary/aromatic N) is 1. The topological polar surface area (TPSA) is 32.7 Å². The minimum absolute atomic E-state index is 0.208. The summed E-state index contributed by atoms with van der Waals surface area (Å²) in [7, 11) is 5.68. The van der Waals surface area contributed by atoms with E-state index in [4.69, 9.17) is 4.74 Å². The Bertz CT molecular complexity index is 376. The summed E-state index contributed by atoms with van der Waals surface area (Å²) in [6, 6.07) is 6.18. The van der Waals surface area contributed by atoms with Crippen molar-refractivity contribution in [1.82, 2.24) is 4.90 Å². The second-order valence-electron chi connectivity index (χ2n) is 4.58. The molecule has 0 fully saturated rings. The maximum Gasteiger partial charge on any atom is 0.119 e. The number of likely N-dealkylation sites (N-methyl/N-ethyl adjacent to an activating group) is 1. The summed E-state index contributed by atoms with van der Waals surface area (Å²) in [5, 5.41) is 10.3. The highest BCUT2D eigenvalue weighted by atomic mass is 16.5. The number of aryl methyl sites for hydroxylation is 1. The molecule has 0 amide bonds. The van der Waals surface area contributed by atoms with Crippen molar-refractivity contribution >= 4 is 0 Å². The summed E-state index contributed by atoms with van der Waals surface area (Å²) in [4.78, 5) is 2.09. The lowest BCUT2D eigenvalue weighted by Gasteiger charge is -2.34. The monoisotopic (exact) mass is 221 g/mol. The zero-order valence-corrected chi connectivity index (χ0v) is 10.1. The molecule has 0 radical (unpaired) electrons. The molecule has 0 heterocycles. The van der Waals surface area contributed by atoms with Crippen LogP contribution >= 0.6 is 0 Å². The molecule has 3 nitrogen and oxygen atoms in total. The molecule has 16 heavy (non-hydrogen) atoms. The van der Waals surface area contributed by atoms with Gasteiger partial charge in [0, 0.05) is 6.04 Å². The van der Waals surface area contributed by atoms with Gasteiger partial charge in [-0.05, 0) is 50.2 Å². The van der Waals surface area contributed by atoms with E-state index >= 15 is 0 Å². The first-order chi connectivity index (χ1) is 7.63. The van der Waals surface area contributed by atoms with E-state index in [0.29, 0.717) is 0 Å². The predicted molar refractivity (Wildman–Crippen MR) is 63.7 cm³/mol. The molecule has 0 saturated heterocycles. The molecular weight excluding hydrogens is 202 g/mol. The molecule has 88 valence electrons. The fourth-order valence-corrected chi connectivity index (χ4v) is 2.41. The number of rotatable bonds is 2. The second-order valence-corrected chi connectivity index (χ2v) is 4.58. The molecule has 2 atom stereocenters. The fraction of sp³-hybridized carbons (Fsp3) is 0.538. The normalized spacial score (nSPS) is 24.3. The summed E-state index contributed by atoms with van der Waals surface area (Å²) >= 11 is 0. The molecule has 2 unspecified atom stereocenters. The van der Waals surface area contributed by atoms with Gasteiger partial charge < -0.3 is 14.7 Å². The Hall–Kier alpha value is -1.06. The molecule has 1 aromatic carbocycles. The molecule has 1 N–H and O–H groups in total. The standard InChI is InChI=1S/C13H19NO2/c1-14(2)12-7-5-9-4-6-10(16-3)8-11(9)13(12)15/h4,6,8,12-13,15H,5,7H2,1-3H3. The van der Waals surface area contributed by atoms with Crippen molar-refractivity contribution in [2.45, 2.75) is 25.0 Å². The molecule has 0 aliphatic heterocycles. The van der Waals surface area contributed by atoms with Crippen molar-refractivity contribution < 1.29 is 9.84 Å². The van der Waals surface area contributed by atoms with E-state index in [1.807, 2.05) is 26.2 Å². The molecular formula is C13H19NO2. The minimum atomic E-state index is -0.408. The van der Waals surface area contributed by atoms with E-state index in [9.17, 15) is 5.11 Å². The van der Waals surface area contributed by atoms with E-state index in [0.717, 1.165) is 24.2 Å². The van der Waals surface area contributed by atoms with Gasteiger partial charge in [0.2, 0.25) is 0 Å². The van der Waals surface area contributed by atoms with Crippen LogP contribution in [0.25, 0.3) is 0 Å². The first-order valence-electron chi connectivity index (χ1n) is 5.65. The number of aliphatic hydroxyl groups excluding tert-OH is 1. The summed E-state index contributed by atoms with van der Waals surface area (Å²) in [6.07, 6.45) is 1.63. The highest BCUT2D eigenvalue weighted by molar-refractivity contribution is 5.39. The Morgan fingerprint density at radius 2 is 2.12 bits per heavy atom. The number of aliphatic hydroxyl groups is 1. The van der Waals surface area contributed by atoms with Gasteiger partial charge in [-0.15, -0.1) is 0 Å². The van der Waals surface area contributed by atoms with Crippen LogP contribution in [-0.4, -0.2) is 37.3 Å². The van der Waals surface area contributed by atoms with Gasteiger partial charge in [-0.2, -0.15) is 0 Å². The van der Waals surface area contributed by atoms with Crippen LogP contribution in [0.15, 0.2) is 18.2 Å². The third-order valence-electron chi connectivity index (χ3n) is 3.41.